The zero-order valence-corrected chi connectivity index (χ0v) is 7.23. The molecule has 1 rings (SSSR count). The van der Waals surface area contributed by atoms with Gasteiger partial charge in [-0.2, -0.15) is 0 Å². The molecular weight excluding hydrogens is 122 g/mol. The van der Waals surface area contributed by atoms with E-state index in [-0.39, 0.29) is 0 Å². The molecule has 1 aliphatic rings. The van der Waals surface area contributed by atoms with E-state index < -0.39 is 0 Å². The van der Waals surface area contributed by atoms with E-state index in [0.717, 1.165) is 13.0 Å². The Hall–Kier alpha value is -0.0400. The molecule has 0 saturated heterocycles. The lowest BCUT2D eigenvalue weighted by atomic mass is 10.0. The molecule has 0 spiro atoms. The minimum Gasteiger partial charge on any atom is -0.330 e. The molecule has 0 aromatic heterocycles. The maximum absolute atomic E-state index is 5.03. The van der Waals surface area contributed by atoms with Gasteiger partial charge in [-0.3, -0.25) is 0 Å². The Kier molecular flexibility index (Phi) is 8.92. The summed E-state index contributed by atoms with van der Waals surface area (Å²) in [4.78, 5) is 0. The molecule has 0 aromatic rings. The molecule has 0 unspecified atom stereocenters. The second-order valence-corrected chi connectivity index (χ2v) is 2.91. The fourth-order valence-electron chi connectivity index (χ4n) is 1.06. The van der Waals surface area contributed by atoms with Crippen LogP contribution in [0.25, 0.3) is 0 Å². The third kappa shape index (κ3) is 7.96. The Bertz CT molecular complexity index is 35.2. The number of nitrogens with two attached hydrogens (primary N) is 1. The van der Waals surface area contributed by atoms with Gasteiger partial charge in [0.05, 0.1) is 0 Å². The molecule has 0 atom stereocenters. The molecule has 1 nitrogen and oxygen atoms in total. The van der Waals surface area contributed by atoms with Crippen LogP contribution in [-0.4, -0.2) is 6.54 Å². The smallest absolute Gasteiger partial charge is 0.00799 e. The quantitative estimate of drug-likeness (QED) is 0.600. The van der Waals surface area contributed by atoms with Gasteiger partial charge in [0.25, 0.3) is 0 Å². The number of hydrogen-bond donors (Lipinski definition) is 1. The van der Waals surface area contributed by atoms with Crippen LogP contribution in [0.5, 0.6) is 0 Å². The highest BCUT2D eigenvalue weighted by Crippen LogP contribution is 2.15. The first-order valence-corrected chi connectivity index (χ1v) is 4.62. The molecule has 0 aromatic carbocycles. The van der Waals surface area contributed by atoms with E-state index in [1.807, 2.05) is 0 Å². The maximum atomic E-state index is 5.03. The van der Waals surface area contributed by atoms with Crippen molar-refractivity contribution in [1.29, 1.82) is 0 Å². The highest BCUT2D eigenvalue weighted by atomic mass is 14.5. The lowest BCUT2D eigenvalue weighted by molar-refractivity contribution is 0.504. The Labute approximate surface area is 65.0 Å². The van der Waals surface area contributed by atoms with Crippen molar-refractivity contribution in [3.63, 3.8) is 0 Å². The lowest BCUT2D eigenvalue weighted by Crippen LogP contribution is -1.93. The molecule has 0 aliphatic heterocycles. The van der Waals surface area contributed by atoms with Crippen molar-refractivity contribution in [2.75, 3.05) is 6.54 Å². The lowest BCUT2D eigenvalue weighted by Gasteiger charge is -2.05. The molecule has 10 heavy (non-hydrogen) atoms. The summed E-state index contributed by atoms with van der Waals surface area (Å²) in [6, 6.07) is 0. The average molecular weight is 143 g/mol. The summed E-state index contributed by atoms with van der Waals surface area (Å²) in [5, 5.41) is 0. The summed E-state index contributed by atoms with van der Waals surface area (Å²) in [6.45, 7) is 2.88. The highest BCUT2D eigenvalue weighted by molar-refractivity contribution is 4.51. The molecule has 62 valence electrons. The third-order valence-electron chi connectivity index (χ3n) is 1.79. The van der Waals surface area contributed by atoms with Gasteiger partial charge in [-0.1, -0.05) is 45.4 Å². The van der Waals surface area contributed by atoms with Crippen LogP contribution in [0.4, 0.5) is 0 Å². The summed E-state index contributed by atoms with van der Waals surface area (Å²) in [7, 11) is 0. The van der Waals surface area contributed by atoms with Crippen LogP contribution in [-0.2, 0) is 0 Å². The molecule has 0 bridgehead atoms. The molecule has 1 heteroatoms. The van der Waals surface area contributed by atoms with Crippen molar-refractivity contribution in [3.05, 3.63) is 0 Å². The zero-order chi connectivity index (χ0) is 7.66. The van der Waals surface area contributed by atoms with Crippen molar-refractivity contribution in [3.8, 4) is 0 Å². The normalized spacial score (nSPS) is 17.4. The molecule has 1 aliphatic carbocycles. The van der Waals surface area contributed by atoms with Crippen LogP contribution in [0.3, 0.4) is 0 Å². The maximum Gasteiger partial charge on any atom is -0.00799 e. The Balaban J connectivity index is 0.000000180. The van der Waals surface area contributed by atoms with Crippen LogP contribution in [0.15, 0.2) is 0 Å². The van der Waals surface area contributed by atoms with E-state index in [1.165, 1.54) is 38.5 Å². The summed E-state index contributed by atoms with van der Waals surface area (Å²) >= 11 is 0. The van der Waals surface area contributed by atoms with Crippen LogP contribution < -0.4 is 5.73 Å². The third-order valence-corrected chi connectivity index (χ3v) is 1.79. The second kappa shape index (κ2) is 8.96. The molecule has 2 N–H and O–H groups in total. The van der Waals surface area contributed by atoms with Crippen LogP contribution in [0.1, 0.15) is 51.9 Å². The monoisotopic (exact) mass is 143 g/mol. The Morgan fingerprint density at radius 2 is 1.10 bits per heavy atom. The van der Waals surface area contributed by atoms with Gasteiger partial charge in [-0.15, -0.1) is 0 Å². The summed E-state index contributed by atoms with van der Waals surface area (Å²) < 4.78 is 0. The molecule has 0 radical (unpaired) electrons. The van der Waals surface area contributed by atoms with Crippen LogP contribution in [0.2, 0.25) is 0 Å². The molecule has 1 fully saturated rings. The minimum absolute atomic E-state index is 0.819. The standard InChI is InChI=1S/C6H12.C3H9N/c1-2-4-6-5-3-1;1-2-3-4/h1-6H2;2-4H2,1H3. The SMILES string of the molecule is C1CCCCC1.CCCN. The van der Waals surface area contributed by atoms with Gasteiger partial charge in [0.2, 0.25) is 0 Å². The fourth-order valence-corrected chi connectivity index (χ4v) is 1.06. The summed E-state index contributed by atoms with van der Waals surface area (Å²) in [6.07, 6.45) is 10.1. The van der Waals surface area contributed by atoms with Gasteiger partial charge >= 0.3 is 0 Å². The van der Waals surface area contributed by atoms with Gasteiger partial charge in [-0.25, -0.2) is 0 Å². The fraction of sp³-hybridized carbons (Fsp3) is 1.00. The first kappa shape index (κ1) is 9.96. The van der Waals surface area contributed by atoms with Crippen molar-refractivity contribution in [2.24, 2.45) is 5.73 Å². The predicted molar refractivity (Wildman–Crippen MR) is 47.0 cm³/mol. The van der Waals surface area contributed by atoms with E-state index in [0.29, 0.717) is 0 Å². The van der Waals surface area contributed by atoms with Gasteiger partial charge in [-0.05, 0) is 13.0 Å². The topological polar surface area (TPSA) is 26.0 Å². The van der Waals surface area contributed by atoms with E-state index in [2.05, 4.69) is 6.92 Å². The largest absolute Gasteiger partial charge is 0.330 e. The van der Waals surface area contributed by atoms with Gasteiger partial charge in [0, 0.05) is 0 Å². The van der Waals surface area contributed by atoms with Crippen LogP contribution >= 0.6 is 0 Å². The van der Waals surface area contributed by atoms with Gasteiger partial charge in [0.1, 0.15) is 0 Å². The number of hydrogen-bond acceptors (Lipinski definition) is 1. The first-order valence-electron chi connectivity index (χ1n) is 4.62. The van der Waals surface area contributed by atoms with E-state index in [4.69, 9.17) is 5.73 Å². The molecule has 1 saturated carbocycles. The van der Waals surface area contributed by atoms with Gasteiger partial charge in [0.15, 0.2) is 0 Å². The molecule has 0 heterocycles. The first-order chi connectivity index (χ1) is 4.91. The molecule has 0 amide bonds. The summed E-state index contributed by atoms with van der Waals surface area (Å²) in [5.41, 5.74) is 5.03. The second-order valence-electron chi connectivity index (χ2n) is 2.91. The van der Waals surface area contributed by atoms with Gasteiger partial charge < -0.3 is 5.73 Å². The summed E-state index contributed by atoms with van der Waals surface area (Å²) in [5.74, 6) is 0. The van der Waals surface area contributed by atoms with Crippen molar-refractivity contribution in [2.45, 2.75) is 51.9 Å². The van der Waals surface area contributed by atoms with E-state index in [1.54, 1.807) is 0 Å². The van der Waals surface area contributed by atoms with E-state index >= 15 is 0 Å². The molecular formula is C9H21N. The number of rotatable bonds is 1. The van der Waals surface area contributed by atoms with Crippen molar-refractivity contribution in [1.82, 2.24) is 0 Å². The van der Waals surface area contributed by atoms with Crippen molar-refractivity contribution >= 4 is 0 Å². The van der Waals surface area contributed by atoms with E-state index in [9.17, 15) is 0 Å². The van der Waals surface area contributed by atoms with Crippen LogP contribution in [0, 0.1) is 0 Å². The zero-order valence-electron chi connectivity index (χ0n) is 7.23. The Morgan fingerprint density at radius 3 is 1.20 bits per heavy atom. The van der Waals surface area contributed by atoms with Crippen molar-refractivity contribution < 1.29 is 0 Å². The Morgan fingerprint density at radius 1 is 0.900 bits per heavy atom. The highest BCUT2D eigenvalue weighted by Gasteiger charge is 1.95. The minimum atomic E-state index is 0.819. The average Bonchev–Trinajstić information content (AvgIpc) is 2.08. The predicted octanol–water partition coefficient (Wildman–Crippen LogP) is 2.70.